The molecule has 0 aliphatic carbocycles. The molecule has 0 aromatic carbocycles. The van der Waals surface area contributed by atoms with Crippen LogP contribution in [0.3, 0.4) is 0 Å². The zero-order valence-electron chi connectivity index (χ0n) is 12.1. The second kappa shape index (κ2) is 8.13. The van der Waals surface area contributed by atoms with Gasteiger partial charge in [0.2, 0.25) is 0 Å². The standard InChI is InChI=1S/C15H27F3O/c1-3-4-5-6-7-12(2)14(15(16,17)18)13-8-10-19-11-9-13/h12-14H,3-11H2,1-2H3. The molecule has 1 heterocycles. The van der Waals surface area contributed by atoms with Gasteiger partial charge in [0.15, 0.2) is 0 Å². The fourth-order valence-corrected chi connectivity index (χ4v) is 3.20. The Morgan fingerprint density at radius 3 is 2.26 bits per heavy atom. The van der Waals surface area contributed by atoms with E-state index in [4.69, 9.17) is 4.74 Å². The average Bonchev–Trinajstić information content (AvgIpc) is 2.34. The molecule has 1 aliphatic heterocycles. The van der Waals surface area contributed by atoms with Gasteiger partial charge in [0.05, 0.1) is 5.92 Å². The molecule has 1 fully saturated rings. The first-order valence-corrected chi connectivity index (χ1v) is 7.61. The van der Waals surface area contributed by atoms with Gasteiger partial charge in [0.1, 0.15) is 0 Å². The van der Waals surface area contributed by atoms with Crippen molar-refractivity contribution >= 4 is 0 Å². The minimum atomic E-state index is -4.06. The molecule has 19 heavy (non-hydrogen) atoms. The van der Waals surface area contributed by atoms with Crippen molar-refractivity contribution in [2.24, 2.45) is 17.8 Å². The van der Waals surface area contributed by atoms with Gasteiger partial charge in [-0.1, -0.05) is 46.0 Å². The summed E-state index contributed by atoms with van der Waals surface area (Å²) in [5.41, 5.74) is 0. The smallest absolute Gasteiger partial charge is 0.381 e. The Bertz CT molecular complexity index is 234. The molecule has 2 unspecified atom stereocenters. The number of hydrogen-bond donors (Lipinski definition) is 0. The molecule has 0 N–H and O–H groups in total. The van der Waals surface area contributed by atoms with Crippen LogP contribution in [0.1, 0.15) is 58.8 Å². The number of halogens is 3. The van der Waals surface area contributed by atoms with Crippen LogP contribution in [0.4, 0.5) is 13.2 Å². The van der Waals surface area contributed by atoms with Gasteiger partial charge in [-0.25, -0.2) is 0 Å². The fraction of sp³-hybridized carbons (Fsp3) is 1.00. The van der Waals surface area contributed by atoms with Crippen molar-refractivity contribution in [2.45, 2.75) is 65.0 Å². The van der Waals surface area contributed by atoms with E-state index in [1.165, 1.54) is 0 Å². The number of unbranched alkanes of at least 4 members (excludes halogenated alkanes) is 3. The highest BCUT2D eigenvalue weighted by Gasteiger charge is 2.47. The fourth-order valence-electron chi connectivity index (χ4n) is 3.20. The van der Waals surface area contributed by atoms with E-state index < -0.39 is 12.1 Å². The summed E-state index contributed by atoms with van der Waals surface area (Å²) in [6.07, 6.45) is 1.97. The third-order valence-corrected chi connectivity index (χ3v) is 4.28. The summed E-state index contributed by atoms with van der Waals surface area (Å²) in [5.74, 6) is -1.65. The second-order valence-electron chi connectivity index (χ2n) is 5.84. The zero-order chi connectivity index (χ0) is 14.3. The molecule has 114 valence electrons. The first-order valence-electron chi connectivity index (χ1n) is 7.61. The maximum absolute atomic E-state index is 13.3. The zero-order valence-corrected chi connectivity index (χ0v) is 12.1. The van der Waals surface area contributed by atoms with Crippen LogP contribution in [0, 0.1) is 17.8 Å². The highest BCUT2D eigenvalue weighted by Crippen LogP contribution is 2.43. The normalized spacial score (nSPS) is 21.3. The van der Waals surface area contributed by atoms with E-state index in [-0.39, 0.29) is 11.8 Å². The van der Waals surface area contributed by atoms with Gasteiger partial charge in [0, 0.05) is 13.2 Å². The van der Waals surface area contributed by atoms with E-state index >= 15 is 0 Å². The van der Waals surface area contributed by atoms with Crippen molar-refractivity contribution in [1.29, 1.82) is 0 Å². The highest BCUT2D eigenvalue weighted by molar-refractivity contribution is 4.82. The lowest BCUT2D eigenvalue weighted by Crippen LogP contribution is -2.38. The van der Waals surface area contributed by atoms with E-state index in [2.05, 4.69) is 6.92 Å². The van der Waals surface area contributed by atoms with Gasteiger partial charge in [-0.3, -0.25) is 0 Å². The molecule has 1 nitrogen and oxygen atoms in total. The molecule has 1 saturated heterocycles. The van der Waals surface area contributed by atoms with Crippen LogP contribution in [0.5, 0.6) is 0 Å². The number of hydrogen-bond acceptors (Lipinski definition) is 1. The van der Waals surface area contributed by atoms with Gasteiger partial charge in [0.25, 0.3) is 0 Å². The Morgan fingerprint density at radius 2 is 1.74 bits per heavy atom. The molecular weight excluding hydrogens is 253 g/mol. The molecule has 0 saturated carbocycles. The Kier molecular flexibility index (Phi) is 7.19. The van der Waals surface area contributed by atoms with Gasteiger partial charge in [-0.05, 0) is 24.7 Å². The van der Waals surface area contributed by atoms with E-state index in [1.54, 1.807) is 6.92 Å². The summed E-state index contributed by atoms with van der Waals surface area (Å²) in [6, 6.07) is 0. The van der Waals surface area contributed by atoms with Crippen LogP contribution in [0.15, 0.2) is 0 Å². The lowest BCUT2D eigenvalue weighted by atomic mass is 9.76. The molecule has 0 aromatic heterocycles. The predicted octanol–water partition coefficient (Wildman–Crippen LogP) is 5.20. The molecule has 0 amide bonds. The van der Waals surface area contributed by atoms with Crippen molar-refractivity contribution in [3.8, 4) is 0 Å². The SMILES string of the molecule is CCCCCCC(C)C(C1CCOCC1)C(F)(F)F. The summed E-state index contributed by atoms with van der Waals surface area (Å²) in [5, 5.41) is 0. The average molecular weight is 280 g/mol. The van der Waals surface area contributed by atoms with Crippen LogP contribution < -0.4 is 0 Å². The van der Waals surface area contributed by atoms with Gasteiger partial charge >= 0.3 is 6.18 Å². The van der Waals surface area contributed by atoms with Crippen LogP contribution in [-0.2, 0) is 4.74 Å². The molecule has 0 spiro atoms. The lowest BCUT2D eigenvalue weighted by Gasteiger charge is -2.35. The van der Waals surface area contributed by atoms with Crippen LogP contribution >= 0.6 is 0 Å². The monoisotopic (exact) mass is 280 g/mol. The molecule has 2 atom stereocenters. The van der Waals surface area contributed by atoms with E-state index in [0.717, 1.165) is 25.7 Å². The van der Waals surface area contributed by atoms with E-state index in [0.29, 0.717) is 32.5 Å². The highest BCUT2D eigenvalue weighted by atomic mass is 19.4. The Morgan fingerprint density at radius 1 is 1.11 bits per heavy atom. The van der Waals surface area contributed by atoms with Gasteiger partial charge < -0.3 is 4.74 Å². The van der Waals surface area contributed by atoms with Crippen molar-refractivity contribution in [3.63, 3.8) is 0 Å². The predicted molar refractivity (Wildman–Crippen MR) is 71.0 cm³/mol. The molecule has 1 aliphatic rings. The first kappa shape index (κ1) is 16.8. The molecule has 4 heteroatoms. The third kappa shape index (κ3) is 5.72. The summed E-state index contributed by atoms with van der Waals surface area (Å²) < 4.78 is 45.1. The van der Waals surface area contributed by atoms with Crippen LogP contribution in [0.2, 0.25) is 0 Å². The quantitative estimate of drug-likeness (QED) is 0.582. The number of alkyl halides is 3. The summed E-state index contributed by atoms with van der Waals surface area (Å²) in [7, 11) is 0. The second-order valence-corrected chi connectivity index (χ2v) is 5.84. The number of ether oxygens (including phenoxy) is 1. The minimum absolute atomic E-state index is 0.241. The Hall–Kier alpha value is -0.250. The molecule has 0 aromatic rings. The maximum Gasteiger partial charge on any atom is 0.392 e. The van der Waals surface area contributed by atoms with Crippen molar-refractivity contribution in [1.82, 2.24) is 0 Å². The topological polar surface area (TPSA) is 9.23 Å². The van der Waals surface area contributed by atoms with E-state index in [1.807, 2.05) is 0 Å². The Balaban J connectivity index is 2.52. The van der Waals surface area contributed by atoms with Gasteiger partial charge in [-0.15, -0.1) is 0 Å². The largest absolute Gasteiger partial charge is 0.392 e. The molecular formula is C15H27F3O. The Labute approximate surface area is 114 Å². The van der Waals surface area contributed by atoms with E-state index in [9.17, 15) is 13.2 Å². The maximum atomic E-state index is 13.3. The minimum Gasteiger partial charge on any atom is -0.381 e. The first-order chi connectivity index (χ1) is 8.96. The summed E-state index contributed by atoms with van der Waals surface area (Å²) in [6.45, 7) is 4.86. The van der Waals surface area contributed by atoms with Crippen LogP contribution in [-0.4, -0.2) is 19.4 Å². The van der Waals surface area contributed by atoms with Crippen molar-refractivity contribution in [2.75, 3.05) is 13.2 Å². The van der Waals surface area contributed by atoms with Crippen molar-refractivity contribution in [3.05, 3.63) is 0 Å². The summed E-state index contributed by atoms with van der Waals surface area (Å²) in [4.78, 5) is 0. The summed E-state index contributed by atoms with van der Waals surface area (Å²) >= 11 is 0. The van der Waals surface area contributed by atoms with Crippen molar-refractivity contribution < 1.29 is 17.9 Å². The molecule has 0 bridgehead atoms. The van der Waals surface area contributed by atoms with Crippen LogP contribution in [0.25, 0.3) is 0 Å². The lowest BCUT2D eigenvalue weighted by molar-refractivity contribution is -0.210. The molecule has 1 rings (SSSR count). The molecule has 0 radical (unpaired) electrons. The number of rotatable bonds is 7. The third-order valence-electron chi connectivity index (χ3n) is 4.28. The van der Waals surface area contributed by atoms with Gasteiger partial charge in [-0.2, -0.15) is 13.2 Å².